The molecule has 0 fully saturated rings. The van der Waals surface area contributed by atoms with Crippen molar-refractivity contribution in [2.75, 3.05) is 0 Å². The molecule has 0 rings (SSSR count). The highest BCUT2D eigenvalue weighted by Crippen LogP contribution is 2.33. The molecule has 0 N–H and O–H groups in total. The van der Waals surface area contributed by atoms with Gasteiger partial charge in [0.2, 0.25) is 0 Å². The van der Waals surface area contributed by atoms with Crippen molar-refractivity contribution >= 4 is 0 Å². The van der Waals surface area contributed by atoms with Crippen molar-refractivity contribution in [3.05, 3.63) is 0 Å². The second-order valence-corrected chi connectivity index (χ2v) is 9.87. The predicted molar refractivity (Wildman–Crippen MR) is 122 cm³/mol. The monoisotopic (exact) mass is 366 g/mol. The molecule has 0 nitrogen and oxygen atoms in total. The third-order valence-electron chi connectivity index (χ3n) is 6.24. The van der Waals surface area contributed by atoms with Crippen LogP contribution >= 0.6 is 0 Å². The molecular formula is C26H54. The van der Waals surface area contributed by atoms with Crippen molar-refractivity contribution < 1.29 is 0 Å². The molecule has 0 saturated carbocycles. The Balaban J connectivity index is 4.59. The fourth-order valence-corrected chi connectivity index (χ4v) is 4.41. The SMILES string of the molecule is CCCCCCCC(CCCC(C)C)C(CCCCCC)CCC(C)C. The standard InChI is InChI=1S/C26H54/c1-7-9-11-13-15-18-25(20-16-17-23(3)4)26(22-21-24(5)6)19-14-12-10-8-2/h23-26H,7-22H2,1-6H3. The lowest BCUT2D eigenvalue weighted by Gasteiger charge is -2.29. The van der Waals surface area contributed by atoms with E-state index in [4.69, 9.17) is 0 Å². The van der Waals surface area contributed by atoms with Gasteiger partial charge >= 0.3 is 0 Å². The van der Waals surface area contributed by atoms with E-state index in [1.165, 1.54) is 103 Å². The zero-order valence-electron chi connectivity index (χ0n) is 19.6. The smallest absolute Gasteiger partial charge is 0.0386 e. The molecule has 2 unspecified atom stereocenters. The van der Waals surface area contributed by atoms with Crippen molar-refractivity contribution in [3.8, 4) is 0 Å². The number of rotatable bonds is 19. The molecule has 2 atom stereocenters. The minimum Gasteiger partial charge on any atom is -0.0654 e. The van der Waals surface area contributed by atoms with Crippen LogP contribution in [0.1, 0.15) is 144 Å². The lowest BCUT2D eigenvalue weighted by molar-refractivity contribution is 0.229. The molecule has 0 spiro atoms. The van der Waals surface area contributed by atoms with Crippen LogP contribution in [0.2, 0.25) is 0 Å². The van der Waals surface area contributed by atoms with Crippen molar-refractivity contribution in [3.63, 3.8) is 0 Å². The maximum Gasteiger partial charge on any atom is -0.0386 e. The molecule has 0 aliphatic heterocycles. The molecule has 158 valence electrons. The zero-order valence-corrected chi connectivity index (χ0v) is 19.6. The largest absolute Gasteiger partial charge is 0.0654 e. The first-order chi connectivity index (χ1) is 12.5. The van der Waals surface area contributed by atoms with Crippen LogP contribution < -0.4 is 0 Å². The van der Waals surface area contributed by atoms with Crippen LogP contribution in [-0.2, 0) is 0 Å². The molecule has 0 heteroatoms. The van der Waals surface area contributed by atoms with E-state index in [1.807, 2.05) is 0 Å². The predicted octanol–water partition coefficient (Wildman–Crippen LogP) is 9.81. The Morgan fingerprint density at radius 3 is 1.31 bits per heavy atom. The molecule has 0 saturated heterocycles. The van der Waals surface area contributed by atoms with Crippen LogP contribution in [0.5, 0.6) is 0 Å². The lowest BCUT2D eigenvalue weighted by Crippen LogP contribution is -2.17. The van der Waals surface area contributed by atoms with E-state index >= 15 is 0 Å². The molecule has 0 amide bonds. The van der Waals surface area contributed by atoms with E-state index in [1.54, 1.807) is 0 Å². The van der Waals surface area contributed by atoms with Gasteiger partial charge in [0.05, 0.1) is 0 Å². The van der Waals surface area contributed by atoms with E-state index in [-0.39, 0.29) is 0 Å². The molecular weight excluding hydrogens is 312 g/mol. The topological polar surface area (TPSA) is 0 Å². The van der Waals surface area contributed by atoms with E-state index in [0.29, 0.717) is 0 Å². The van der Waals surface area contributed by atoms with Gasteiger partial charge in [0.1, 0.15) is 0 Å². The second-order valence-electron chi connectivity index (χ2n) is 9.87. The van der Waals surface area contributed by atoms with E-state index in [0.717, 1.165) is 23.7 Å². The van der Waals surface area contributed by atoms with Gasteiger partial charge in [-0.3, -0.25) is 0 Å². The van der Waals surface area contributed by atoms with Gasteiger partial charge in [0.25, 0.3) is 0 Å². The third-order valence-corrected chi connectivity index (χ3v) is 6.24. The van der Waals surface area contributed by atoms with Crippen LogP contribution in [-0.4, -0.2) is 0 Å². The van der Waals surface area contributed by atoms with E-state index < -0.39 is 0 Å². The van der Waals surface area contributed by atoms with Gasteiger partial charge < -0.3 is 0 Å². The summed E-state index contributed by atoms with van der Waals surface area (Å²) in [5.74, 6) is 3.76. The molecule has 0 radical (unpaired) electrons. The highest BCUT2D eigenvalue weighted by Gasteiger charge is 2.21. The summed E-state index contributed by atoms with van der Waals surface area (Å²) in [5, 5.41) is 0. The average molecular weight is 367 g/mol. The van der Waals surface area contributed by atoms with E-state index in [2.05, 4.69) is 41.5 Å². The number of unbranched alkanes of at least 4 members (excludes halogenated alkanes) is 7. The summed E-state index contributed by atoms with van der Waals surface area (Å²) in [6.07, 6.45) is 23.3. The second kappa shape index (κ2) is 18.4. The Kier molecular flexibility index (Phi) is 18.4. The Hall–Kier alpha value is 0. The van der Waals surface area contributed by atoms with Crippen LogP contribution in [0, 0.1) is 23.7 Å². The molecule has 0 aromatic rings. The molecule has 0 aliphatic carbocycles. The maximum atomic E-state index is 2.41. The van der Waals surface area contributed by atoms with Gasteiger partial charge in [0, 0.05) is 0 Å². The number of hydrogen-bond donors (Lipinski definition) is 0. The Morgan fingerprint density at radius 1 is 0.385 bits per heavy atom. The normalized spacial score (nSPS) is 14.3. The summed E-state index contributed by atoms with van der Waals surface area (Å²) in [5.41, 5.74) is 0. The van der Waals surface area contributed by atoms with Crippen molar-refractivity contribution in [2.45, 2.75) is 144 Å². The van der Waals surface area contributed by atoms with Crippen LogP contribution in [0.25, 0.3) is 0 Å². The first-order valence-corrected chi connectivity index (χ1v) is 12.5. The first-order valence-electron chi connectivity index (χ1n) is 12.5. The average Bonchev–Trinajstić information content (AvgIpc) is 2.59. The minimum atomic E-state index is 0.869. The molecule has 0 heterocycles. The summed E-state index contributed by atoms with van der Waals surface area (Å²) in [4.78, 5) is 0. The minimum absolute atomic E-state index is 0.869. The Labute approximate surface area is 168 Å². The van der Waals surface area contributed by atoms with Gasteiger partial charge in [-0.2, -0.15) is 0 Å². The highest BCUT2D eigenvalue weighted by molar-refractivity contribution is 4.73. The summed E-state index contributed by atoms with van der Waals surface area (Å²) >= 11 is 0. The van der Waals surface area contributed by atoms with Crippen LogP contribution in [0.3, 0.4) is 0 Å². The van der Waals surface area contributed by atoms with Gasteiger partial charge in [-0.15, -0.1) is 0 Å². The van der Waals surface area contributed by atoms with Crippen molar-refractivity contribution in [1.82, 2.24) is 0 Å². The summed E-state index contributed by atoms with van der Waals surface area (Å²) in [6.45, 7) is 14.3. The molecule has 0 aromatic carbocycles. The fourth-order valence-electron chi connectivity index (χ4n) is 4.41. The van der Waals surface area contributed by atoms with Crippen molar-refractivity contribution in [1.29, 1.82) is 0 Å². The maximum absolute atomic E-state index is 2.41. The highest BCUT2D eigenvalue weighted by atomic mass is 14.3. The van der Waals surface area contributed by atoms with Gasteiger partial charge in [0.15, 0.2) is 0 Å². The molecule has 0 aromatic heterocycles. The fraction of sp³-hybridized carbons (Fsp3) is 1.00. The zero-order chi connectivity index (χ0) is 19.6. The van der Waals surface area contributed by atoms with Gasteiger partial charge in [-0.25, -0.2) is 0 Å². The Bertz CT molecular complexity index is 265. The lowest BCUT2D eigenvalue weighted by atomic mass is 9.77. The summed E-state index contributed by atoms with van der Waals surface area (Å²) < 4.78 is 0. The quantitative estimate of drug-likeness (QED) is 0.199. The first kappa shape index (κ1) is 26.0. The molecule has 0 aliphatic rings. The summed E-state index contributed by atoms with van der Waals surface area (Å²) in [7, 11) is 0. The van der Waals surface area contributed by atoms with Gasteiger partial charge in [-0.05, 0) is 30.1 Å². The number of hydrogen-bond acceptors (Lipinski definition) is 0. The van der Waals surface area contributed by atoms with Crippen molar-refractivity contribution in [2.24, 2.45) is 23.7 Å². The summed E-state index contributed by atoms with van der Waals surface area (Å²) in [6, 6.07) is 0. The van der Waals surface area contributed by atoms with E-state index in [9.17, 15) is 0 Å². The Morgan fingerprint density at radius 2 is 0.808 bits per heavy atom. The van der Waals surface area contributed by atoms with Crippen LogP contribution in [0.4, 0.5) is 0 Å². The third kappa shape index (κ3) is 16.2. The molecule has 26 heavy (non-hydrogen) atoms. The molecule has 0 bridgehead atoms. The van der Waals surface area contributed by atoms with Gasteiger partial charge in [-0.1, -0.05) is 138 Å². The van der Waals surface area contributed by atoms with Crippen LogP contribution in [0.15, 0.2) is 0 Å².